The molecule has 2 saturated heterocycles. The van der Waals surface area contributed by atoms with E-state index in [1.165, 1.54) is 4.90 Å². The first-order valence-corrected chi connectivity index (χ1v) is 10.2. The van der Waals surface area contributed by atoms with Gasteiger partial charge in [-0.15, -0.1) is 0 Å². The maximum Gasteiger partial charge on any atom is 0.266 e. The number of amides is 2. The molecule has 2 aliphatic rings. The molecule has 3 aromatic carbocycles. The van der Waals surface area contributed by atoms with E-state index in [-0.39, 0.29) is 5.91 Å². The van der Waals surface area contributed by atoms with E-state index in [9.17, 15) is 9.59 Å². The summed E-state index contributed by atoms with van der Waals surface area (Å²) in [4.78, 5) is 34.0. The number of imide groups is 1. The number of carbonyl (C=O) groups excluding carboxylic acids is 2. The number of fused-ring (bicyclic) bond motifs is 1. The van der Waals surface area contributed by atoms with Gasteiger partial charge in [-0.25, -0.2) is 9.96 Å². The van der Waals surface area contributed by atoms with Crippen LogP contribution in [0.2, 0.25) is 10.0 Å². The number of benzene rings is 3. The van der Waals surface area contributed by atoms with Gasteiger partial charge in [0.1, 0.15) is 5.92 Å². The van der Waals surface area contributed by atoms with Crippen molar-refractivity contribution in [1.82, 2.24) is 0 Å². The van der Waals surface area contributed by atoms with E-state index in [1.807, 2.05) is 48.5 Å². The molecule has 2 amide bonds. The van der Waals surface area contributed by atoms with Crippen molar-refractivity contribution in [2.24, 2.45) is 5.92 Å². The summed E-state index contributed by atoms with van der Waals surface area (Å²) in [5.41, 5.74) is 1.95. The summed E-state index contributed by atoms with van der Waals surface area (Å²) in [6.45, 7) is 0. The van der Waals surface area contributed by atoms with Crippen molar-refractivity contribution < 1.29 is 14.4 Å². The number of rotatable bonds is 3. The van der Waals surface area contributed by atoms with Crippen LogP contribution in [0.4, 0.5) is 11.4 Å². The Kier molecular flexibility index (Phi) is 4.74. The van der Waals surface area contributed by atoms with Crippen LogP contribution >= 0.6 is 23.2 Å². The van der Waals surface area contributed by atoms with Gasteiger partial charge >= 0.3 is 0 Å². The third kappa shape index (κ3) is 2.98. The van der Waals surface area contributed by atoms with Crippen LogP contribution in [0.5, 0.6) is 0 Å². The molecule has 5 nitrogen and oxygen atoms in total. The lowest BCUT2D eigenvalue weighted by Gasteiger charge is -2.29. The van der Waals surface area contributed by atoms with E-state index in [1.54, 1.807) is 35.4 Å². The predicted molar refractivity (Wildman–Crippen MR) is 115 cm³/mol. The Hall–Kier alpha value is -2.86. The number of carbonyl (C=O) groups is 2. The standard InChI is InChI=1S/C23H16Cl2N2O3/c24-14-10-12-15(13-11-14)26-22(28)19-20(17-8-4-5-9-18(17)25)27(30-21(19)23(26)29)16-6-2-1-3-7-16/h1-13,19-21H/t19-,20+,21-/m1/s1. The Morgan fingerprint density at radius 1 is 0.733 bits per heavy atom. The molecule has 0 aromatic heterocycles. The number of hydrogen-bond donors (Lipinski definition) is 0. The van der Waals surface area contributed by atoms with Crippen LogP contribution in [-0.2, 0) is 14.4 Å². The van der Waals surface area contributed by atoms with Crippen LogP contribution in [0.15, 0.2) is 78.9 Å². The quantitative estimate of drug-likeness (QED) is 0.537. The van der Waals surface area contributed by atoms with Gasteiger partial charge in [-0.3, -0.25) is 14.4 Å². The monoisotopic (exact) mass is 438 g/mol. The number of nitrogens with zero attached hydrogens (tertiary/aromatic N) is 2. The van der Waals surface area contributed by atoms with Crippen LogP contribution in [0.25, 0.3) is 0 Å². The predicted octanol–water partition coefficient (Wildman–Crippen LogP) is 5.04. The molecular weight excluding hydrogens is 423 g/mol. The lowest BCUT2D eigenvalue weighted by molar-refractivity contribution is -0.126. The molecule has 2 heterocycles. The third-order valence-corrected chi connectivity index (χ3v) is 6.03. The minimum Gasteiger partial charge on any atom is -0.273 e. The largest absolute Gasteiger partial charge is 0.273 e. The zero-order valence-electron chi connectivity index (χ0n) is 15.6. The van der Waals surface area contributed by atoms with E-state index < -0.39 is 24.0 Å². The smallest absolute Gasteiger partial charge is 0.266 e. The van der Waals surface area contributed by atoms with Crippen molar-refractivity contribution in [3.05, 3.63) is 94.5 Å². The molecule has 0 saturated carbocycles. The van der Waals surface area contributed by atoms with Crippen LogP contribution in [0, 0.1) is 5.92 Å². The van der Waals surface area contributed by atoms with Crippen molar-refractivity contribution in [2.45, 2.75) is 12.1 Å². The Labute approximate surface area is 183 Å². The summed E-state index contributed by atoms with van der Waals surface area (Å²) in [5.74, 6) is -1.45. The van der Waals surface area contributed by atoms with Gasteiger partial charge in [0.05, 0.1) is 17.4 Å². The fourth-order valence-electron chi connectivity index (χ4n) is 4.09. The molecule has 3 aromatic rings. The van der Waals surface area contributed by atoms with Gasteiger partial charge in [-0.1, -0.05) is 59.6 Å². The molecule has 0 N–H and O–H groups in total. The van der Waals surface area contributed by atoms with Gasteiger partial charge in [-0.2, -0.15) is 0 Å². The van der Waals surface area contributed by atoms with E-state index in [2.05, 4.69) is 0 Å². The average molecular weight is 439 g/mol. The van der Waals surface area contributed by atoms with Crippen molar-refractivity contribution in [3.8, 4) is 0 Å². The Morgan fingerprint density at radius 3 is 2.10 bits per heavy atom. The first kappa shape index (κ1) is 19.1. The van der Waals surface area contributed by atoms with Crippen molar-refractivity contribution in [3.63, 3.8) is 0 Å². The first-order chi connectivity index (χ1) is 14.6. The molecule has 2 fully saturated rings. The van der Waals surface area contributed by atoms with Crippen LogP contribution in [0.3, 0.4) is 0 Å². The normalized spacial score (nSPS) is 23.2. The van der Waals surface area contributed by atoms with Crippen LogP contribution in [-0.4, -0.2) is 17.9 Å². The van der Waals surface area contributed by atoms with Gasteiger partial charge < -0.3 is 0 Å². The highest BCUT2D eigenvalue weighted by molar-refractivity contribution is 6.32. The molecule has 30 heavy (non-hydrogen) atoms. The molecule has 0 aliphatic carbocycles. The minimum atomic E-state index is -0.936. The van der Waals surface area contributed by atoms with Gasteiger partial charge in [0.2, 0.25) is 5.91 Å². The maximum absolute atomic E-state index is 13.5. The van der Waals surface area contributed by atoms with Gasteiger partial charge in [0, 0.05) is 10.0 Å². The topological polar surface area (TPSA) is 49.9 Å². The van der Waals surface area contributed by atoms with Crippen LogP contribution in [0.1, 0.15) is 11.6 Å². The summed E-state index contributed by atoms with van der Waals surface area (Å²) < 4.78 is 0. The number of hydrogen-bond acceptors (Lipinski definition) is 4. The molecule has 0 spiro atoms. The molecule has 7 heteroatoms. The maximum atomic E-state index is 13.5. The summed E-state index contributed by atoms with van der Waals surface area (Å²) in [5, 5.41) is 2.67. The summed E-state index contributed by atoms with van der Waals surface area (Å²) >= 11 is 12.5. The highest BCUT2D eigenvalue weighted by atomic mass is 35.5. The van der Waals surface area contributed by atoms with Crippen LogP contribution < -0.4 is 9.96 Å². The Balaban J connectivity index is 1.60. The average Bonchev–Trinajstić information content (AvgIpc) is 3.26. The summed E-state index contributed by atoms with van der Waals surface area (Å²) in [7, 11) is 0. The molecule has 0 bridgehead atoms. The first-order valence-electron chi connectivity index (χ1n) is 9.45. The van der Waals surface area contributed by atoms with E-state index in [0.717, 1.165) is 11.3 Å². The van der Waals surface area contributed by atoms with Crippen molar-refractivity contribution in [1.29, 1.82) is 0 Å². The van der Waals surface area contributed by atoms with E-state index in [4.69, 9.17) is 28.0 Å². The molecule has 2 aliphatic heterocycles. The minimum absolute atomic E-state index is 0.323. The second kappa shape index (κ2) is 7.43. The number of para-hydroxylation sites is 1. The lowest BCUT2D eigenvalue weighted by Crippen LogP contribution is -2.37. The Morgan fingerprint density at radius 2 is 1.40 bits per heavy atom. The van der Waals surface area contributed by atoms with Gasteiger partial charge in [0.15, 0.2) is 6.10 Å². The molecule has 3 atom stereocenters. The van der Waals surface area contributed by atoms with Crippen molar-refractivity contribution >= 4 is 46.4 Å². The fraction of sp³-hybridized carbons (Fsp3) is 0.130. The summed E-state index contributed by atoms with van der Waals surface area (Å²) in [6, 6.07) is 22.8. The molecule has 0 radical (unpaired) electrons. The van der Waals surface area contributed by atoms with Gasteiger partial charge in [0.25, 0.3) is 5.91 Å². The second-order valence-electron chi connectivity index (χ2n) is 7.17. The van der Waals surface area contributed by atoms with Crippen molar-refractivity contribution in [2.75, 3.05) is 9.96 Å². The highest BCUT2D eigenvalue weighted by Crippen LogP contribution is 2.48. The molecular formula is C23H16Cl2N2O3. The molecule has 150 valence electrons. The molecule has 0 unspecified atom stereocenters. The lowest BCUT2D eigenvalue weighted by atomic mass is 9.90. The third-order valence-electron chi connectivity index (χ3n) is 5.43. The SMILES string of the molecule is O=C1[C@H]2[C@@H](ON(c3ccccc3)[C@H]2c2ccccc2Cl)C(=O)N1c1ccc(Cl)cc1. The number of halogens is 2. The zero-order valence-corrected chi connectivity index (χ0v) is 17.1. The Bertz CT molecular complexity index is 1120. The highest BCUT2D eigenvalue weighted by Gasteiger charge is 2.60. The van der Waals surface area contributed by atoms with Gasteiger partial charge in [-0.05, 0) is 48.0 Å². The fourth-order valence-corrected chi connectivity index (χ4v) is 4.46. The summed E-state index contributed by atoms with van der Waals surface area (Å²) in [6.07, 6.45) is -0.936. The number of hydroxylamine groups is 1. The second-order valence-corrected chi connectivity index (χ2v) is 8.01. The zero-order chi connectivity index (χ0) is 20.8. The van der Waals surface area contributed by atoms with E-state index >= 15 is 0 Å². The van der Waals surface area contributed by atoms with E-state index in [0.29, 0.717) is 15.7 Å². The number of anilines is 2. The molecule has 5 rings (SSSR count).